The lowest BCUT2D eigenvalue weighted by molar-refractivity contribution is 0.192. The molecule has 164 valence electrons. The van der Waals surface area contributed by atoms with E-state index in [1.165, 1.54) is 12.1 Å². The molecule has 0 radical (unpaired) electrons. The molecule has 3 aromatic carbocycles. The van der Waals surface area contributed by atoms with E-state index >= 15 is 0 Å². The van der Waals surface area contributed by atoms with Crippen molar-refractivity contribution in [2.45, 2.75) is 19.5 Å². The van der Waals surface area contributed by atoms with Crippen molar-refractivity contribution in [3.05, 3.63) is 95.8 Å². The Bertz CT molecular complexity index is 1070. The number of para-hydroxylation sites is 2. The first kappa shape index (κ1) is 21.4. The third kappa shape index (κ3) is 5.24. The second-order valence-electron chi connectivity index (χ2n) is 7.65. The minimum atomic E-state index is -0.339. The van der Waals surface area contributed by atoms with E-state index in [2.05, 4.69) is 10.6 Å². The summed E-state index contributed by atoms with van der Waals surface area (Å²) in [5.41, 5.74) is 3.08. The van der Waals surface area contributed by atoms with Gasteiger partial charge in [-0.1, -0.05) is 54.6 Å². The maximum atomic E-state index is 13.2. The zero-order valence-electron chi connectivity index (χ0n) is 17.6. The smallest absolute Gasteiger partial charge is 0.324 e. The number of nitrogens with one attached hydrogen (secondary N) is 2. The predicted octanol–water partition coefficient (Wildman–Crippen LogP) is 4.98. The summed E-state index contributed by atoms with van der Waals surface area (Å²) < 4.78 is 13.2. The van der Waals surface area contributed by atoms with E-state index < -0.39 is 0 Å². The number of hydrogen-bond donors (Lipinski definition) is 2. The van der Waals surface area contributed by atoms with E-state index in [0.717, 1.165) is 17.5 Å². The summed E-state index contributed by atoms with van der Waals surface area (Å²) in [5, 5.41) is 5.71. The fraction of sp³-hybridized carbons (Fsp3) is 0.200. The molecule has 3 aromatic rings. The molecule has 4 amide bonds. The van der Waals surface area contributed by atoms with Gasteiger partial charge < -0.3 is 15.5 Å². The van der Waals surface area contributed by atoms with Crippen LogP contribution in [0.1, 0.15) is 17.5 Å². The van der Waals surface area contributed by atoms with E-state index in [9.17, 15) is 14.0 Å². The SMILES string of the molecule is O=C(NCc1ccccc1)Nc1ccccc1N1CCCN(Cc2ccc(F)cc2)C1=O. The third-order valence-corrected chi connectivity index (χ3v) is 5.34. The van der Waals surface area contributed by atoms with Crippen LogP contribution >= 0.6 is 0 Å². The standard InChI is InChI=1S/C25H25FN4O2/c26-21-13-11-20(12-14-21)18-29-15-6-16-30(25(29)32)23-10-5-4-9-22(23)28-24(31)27-17-19-7-2-1-3-8-19/h1-5,7-14H,6,15-18H2,(H2,27,28,31). The van der Waals surface area contributed by atoms with Gasteiger partial charge in [-0.3, -0.25) is 4.90 Å². The van der Waals surface area contributed by atoms with Crippen molar-refractivity contribution in [3.8, 4) is 0 Å². The van der Waals surface area contributed by atoms with Crippen molar-refractivity contribution in [1.29, 1.82) is 0 Å². The van der Waals surface area contributed by atoms with Crippen molar-refractivity contribution in [3.63, 3.8) is 0 Å². The fourth-order valence-electron chi connectivity index (χ4n) is 3.72. The van der Waals surface area contributed by atoms with Crippen LogP contribution in [-0.4, -0.2) is 30.1 Å². The predicted molar refractivity (Wildman–Crippen MR) is 123 cm³/mol. The molecule has 1 aliphatic rings. The molecule has 0 atom stereocenters. The largest absolute Gasteiger partial charge is 0.334 e. The van der Waals surface area contributed by atoms with E-state index in [4.69, 9.17) is 0 Å². The van der Waals surface area contributed by atoms with Crippen LogP contribution in [0, 0.1) is 5.82 Å². The highest BCUT2D eigenvalue weighted by molar-refractivity contribution is 6.00. The van der Waals surface area contributed by atoms with Gasteiger partial charge in [0.2, 0.25) is 0 Å². The number of urea groups is 2. The lowest BCUT2D eigenvalue weighted by Gasteiger charge is -2.36. The van der Waals surface area contributed by atoms with Crippen LogP contribution in [-0.2, 0) is 13.1 Å². The highest BCUT2D eigenvalue weighted by Gasteiger charge is 2.28. The molecule has 6 nitrogen and oxygen atoms in total. The van der Waals surface area contributed by atoms with Crippen molar-refractivity contribution in [2.75, 3.05) is 23.3 Å². The number of amides is 4. The Kier molecular flexibility index (Phi) is 6.65. The van der Waals surface area contributed by atoms with Crippen LogP contribution in [0.5, 0.6) is 0 Å². The normalized spacial score (nSPS) is 13.7. The first-order valence-corrected chi connectivity index (χ1v) is 10.6. The molecule has 1 saturated heterocycles. The van der Waals surface area contributed by atoms with E-state index in [-0.39, 0.29) is 17.9 Å². The summed E-state index contributed by atoms with van der Waals surface area (Å²) in [6.45, 7) is 1.99. The summed E-state index contributed by atoms with van der Waals surface area (Å²) in [5.74, 6) is -0.300. The third-order valence-electron chi connectivity index (χ3n) is 5.34. The van der Waals surface area contributed by atoms with Crippen LogP contribution in [0.2, 0.25) is 0 Å². The second kappa shape index (κ2) is 9.96. The Hall–Kier alpha value is -3.87. The molecule has 32 heavy (non-hydrogen) atoms. The topological polar surface area (TPSA) is 64.7 Å². The molecule has 0 aliphatic carbocycles. The summed E-state index contributed by atoms with van der Waals surface area (Å²) in [4.78, 5) is 29.1. The van der Waals surface area contributed by atoms with E-state index in [1.807, 2.05) is 48.5 Å². The van der Waals surface area contributed by atoms with Gasteiger partial charge in [0.25, 0.3) is 0 Å². The van der Waals surface area contributed by atoms with Crippen molar-refractivity contribution in [1.82, 2.24) is 10.2 Å². The summed E-state index contributed by atoms with van der Waals surface area (Å²) >= 11 is 0. The molecule has 0 unspecified atom stereocenters. The zero-order valence-corrected chi connectivity index (χ0v) is 17.6. The molecule has 0 saturated carbocycles. The highest BCUT2D eigenvalue weighted by atomic mass is 19.1. The lowest BCUT2D eigenvalue weighted by atomic mass is 10.1. The summed E-state index contributed by atoms with van der Waals surface area (Å²) in [7, 11) is 0. The zero-order chi connectivity index (χ0) is 22.3. The Morgan fingerprint density at radius 3 is 2.38 bits per heavy atom. The van der Waals surface area contributed by atoms with Crippen LogP contribution in [0.4, 0.5) is 25.4 Å². The maximum absolute atomic E-state index is 13.2. The number of anilines is 2. The molecule has 0 aromatic heterocycles. The van der Waals surface area contributed by atoms with Crippen LogP contribution < -0.4 is 15.5 Å². The number of benzene rings is 3. The minimum absolute atomic E-state index is 0.139. The molecule has 7 heteroatoms. The fourth-order valence-corrected chi connectivity index (χ4v) is 3.72. The van der Waals surface area contributed by atoms with Gasteiger partial charge in [-0.15, -0.1) is 0 Å². The molecule has 0 bridgehead atoms. The van der Waals surface area contributed by atoms with Gasteiger partial charge in [0.15, 0.2) is 0 Å². The van der Waals surface area contributed by atoms with Crippen LogP contribution in [0.25, 0.3) is 0 Å². The monoisotopic (exact) mass is 432 g/mol. The number of hydrogen-bond acceptors (Lipinski definition) is 2. The highest BCUT2D eigenvalue weighted by Crippen LogP contribution is 2.29. The van der Waals surface area contributed by atoms with Gasteiger partial charge in [-0.05, 0) is 41.8 Å². The molecule has 2 N–H and O–H groups in total. The number of carbonyl (C=O) groups excluding carboxylic acids is 2. The summed E-state index contributed by atoms with van der Waals surface area (Å²) in [6, 6.07) is 22.6. The second-order valence-corrected chi connectivity index (χ2v) is 7.65. The lowest BCUT2D eigenvalue weighted by Crippen LogP contribution is -2.49. The van der Waals surface area contributed by atoms with Gasteiger partial charge in [-0.2, -0.15) is 0 Å². The quantitative estimate of drug-likeness (QED) is 0.577. The van der Waals surface area contributed by atoms with Crippen molar-refractivity contribution >= 4 is 23.4 Å². The Balaban J connectivity index is 1.44. The van der Waals surface area contributed by atoms with Crippen LogP contribution in [0.3, 0.4) is 0 Å². The molecular weight excluding hydrogens is 407 g/mol. The number of nitrogens with zero attached hydrogens (tertiary/aromatic N) is 2. The molecule has 4 rings (SSSR count). The molecule has 1 fully saturated rings. The minimum Gasteiger partial charge on any atom is -0.334 e. The van der Waals surface area contributed by atoms with E-state index in [0.29, 0.717) is 37.6 Å². The molecule has 0 spiro atoms. The van der Waals surface area contributed by atoms with Crippen molar-refractivity contribution in [2.24, 2.45) is 0 Å². The van der Waals surface area contributed by atoms with Gasteiger partial charge in [0.1, 0.15) is 5.82 Å². The number of halogens is 1. The van der Waals surface area contributed by atoms with Gasteiger partial charge in [-0.25, -0.2) is 14.0 Å². The van der Waals surface area contributed by atoms with Gasteiger partial charge in [0.05, 0.1) is 11.4 Å². The summed E-state index contributed by atoms with van der Waals surface area (Å²) in [6.07, 6.45) is 0.793. The Morgan fingerprint density at radius 1 is 0.875 bits per heavy atom. The molecule has 1 heterocycles. The van der Waals surface area contributed by atoms with Crippen molar-refractivity contribution < 1.29 is 14.0 Å². The molecular formula is C25H25FN4O2. The first-order valence-electron chi connectivity index (χ1n) is 10.6. The Labute approximate surface area is 186 Å². The first-order chi connectivity index (χ1) is 15.6. The van der Waals surface area contributed by atoms with Crippen LogP contribution in [0.15, 0.2) is 78.9 Å². The average Bonchev–Trinajstić information content (AvgIpc) is 2.82. The Morgan fingerprint density at radius 2 is 1.59 bits per heavy atom. The average molecular weight is 432 g/mol. The molecule has 1 aliphatic heterocycles. The van der Waals surface area contributed by atoms with Gasteiger partial charge >= 0.3 is 12.1 Å². The number of rotatable bonds is 6. The van der Waals surface area contributed by atoms with Gasteiger partial charge in [0, 0.05) is 26.2 Å². The number of carbonyl (C=O) groups is 2. The maximum Gasteiger partial charge on any atom is 0.324 e. The van der Waals surface area contributed by atoms with E-state index in [1.54, 1.807) is 28.0 Å².